The Morgan fingerprint density at radius 1 is 1.21 bits per heavy atom. The molecule has 0 aliphatic rings. The number of hydrogen-bond donors (Lipinski definition) is 1. The number of carbonyl (C=O) groups excluding carboxylic acids is 1. The van der Waals surface area contributed by atoms with Crippen molar-refractivity contribution in [2.24, 2.45) is 0 Å². The van der Waals surface area contributed by atoms with Gasteiger partial charge in [-0.25, -0.2) is 4.79 Å². The molecule has 0 saturated carbocycles. The second-order valence-corrected chi connectivity index (χ2v) is 8.03. The summed E-state index contributed by atoms with van der Waals surface area (Å²) >= 11 is 7.48. The highest BCUT2D eigenvalue weighted by atomic mass is 35.5. The molecule has 0 bridgehead atoms. The summed E-state index contributed by atoms with van der Waals surface area (Å²) in [4.78, 5) is 24.1. The number of halogens is 1. The highest BCUT2D eigenvalue weighted by molar-refractivity contribution is 7.99. The lowest BCUT2D eigenvalue weighted by atomic mass is 10.1. The van der Waals surface area contributed by atoms with Crippen LogP contribution in [0, 0.1) is 0 Å². The normalized spacial score (nSPS) is 12.1. The molecule has 3 rings (SSSR count). The Morgan fingerprint density at radius 3 is 2.79 bits per heavy atom. The van der Waals surface area contributed by atoms with Gasteiger partial charge in [0.2, 0.25) is 5.91 Å². The van der Waals surface area contributed by atoms with Crippen LogP contribution in [0.4, 0.5) is 0 Å². The van der Waals surface area contributed by atoms with E-state index in [-0.39, 0.29) is 17.6 Å². The zero-order valence-electron chi connectivity index (χ0n) is 15.8. The zero-order valence-corrected chi connectivity index (χ0v) is 17.4. The minimum Gasteiger partial charge on any atom is -0.423 e. The molecular formula is C22H22ClNO3S. The molecule has 1 heterocycles. The molecule has 0 saturated heterocycles. The molecule has 0 aliphatic carbocycles. The molecule has 2 aromatic carbocycles. The van der Waals surface area contributed by atoms with Crippen molar-refractivity contribution in [2.45, 2.75) is 32.1 Å². The van der Waals surface area contributed by atoms with Gasteiger partial charge >= 0.3 is 5.63 Å². The summed E-state index contributed by atoms with van der Waals surface area (Å²) < 4.78 is 5.33. The van der Waals surface area contributed by atoms with E-state index in [1.54, 1.807) is 6.07 Å². The molecule has 6 heteroatoms. The number of fused-ring (bicyclic) bond motifs is 1. The summed E-state index contributed by atoms with van der Waals surface area (Å²) in [7, 11) is 0. The van der Waals surface area contributed by atoms with E-state index in [9.17, 15) is 9.59 Å². The van der Waals surface area contributed by atoms with E-state index in [0.29, 0.717) is 22.1 Å². The van der Waals surface area contributed by atoms with Crippen LogP contribution >= 0.6 is 23.4 Å². The Morgan fingerprint density at radius 2 is 2.04 bits per heavy atom. The molecule has 0 fully saturated rings. The van der Waals surface area contributed by atoms with Gasteiger partial charge in [0.15, 0.2) is 0 Å². The molecule has 3 aromatic rings. The van der Waals surface area contributed by atoms with Gasteiger partial charge in [-0.3, -0.25) is 4.79 Å². The molecule has 0 aliphatic heterocycles. The third kappa shape index (κ3) is 5.18. The SMILES string of the molecule is CCc1ccc2c(CSCC(=O)N[C@@H](C)c3cccc(Cl)c3)cc(=O)oc2c1. The van der Waals surface area contributed by atoms with Gasteiger partial charge in [-0.15, -0.1) is 11.8 Å². The predicted molar refractivity (Wildman–Crippen MR) is 116 cm³/mol. The molecule has 1 atom stereocenters. The number of aryl methyl sites for hydroxylation is 1. The maximum atomic E-state index is 12.3. The Bertz CT molecular complexity index is 1050. The van der Waals surface area contributed by atoms with Crippen LogP contribution in [0.25, 0.3) is 11.0 Å². The van der Waals surface area contributed by atoms with Gasteiger partial charge in [-0.05, 0) is 48.2 Å². The van der Waals surface area contributed by atoms with E-state index in [2.05, 4.69) is 12.2 Å². The van der Waals surface area contributed by atoms with E-state index < -0.39 is 0 Å². The first-order valence-electron chi connectivity index (χ1n) is 9.14. The van der Waals surface area contributed by atoms with Crippen LogP contribution in [-0.4, -0.2) is 11.7 Å². The van der Waals surface area contributed by atoms with Crippen molar-refractivity contribution >= 4 is 40.2 Å². The summed E-state index contributed by atoms with van der Waals surface area (Å²) in [6.07, 6.45) is 0.879. The molecule has 28 heavy (non-hydrogen) atoms. The van der Waals surface area contributed by atoms with E-state index in [4.69, 9.17) is 16.0 Å². The molecule has 0 unspecified atom stereocenters. The molecule has 1 N–H and O–H groups in total. The highest BCUT2D eigenvalue weighted by Crippen LogP contribution is 2.23. The molecule has 1 aromatic heterocycles. The van der Waals surface area contributed by atoms with E-state index in [1.165, 1.54) is 17.8 Å². The van der Waals surface area contributed by atoms with Crippen LogP contribution in [0.15, 0.2) is 57.7 Å². The highest BCUT2D eigenvalue weighted by Gasteiger charge is 2.11. The maximum absolute atomic E-state index is 12.3. The molecule has 4 nitrogen and oxygen atoms in total. The minimum absolute atomic E-state index is 0.0574. The lowest BCUT2D eigenvalue weighted by Gasteiger charge is -2.14. The quantitative estimate of drug-likeness (QED) is 0.544. The van der Waals surface area contributed by atoms with Crippen LogP contribution in [0.1, 0.15) is 36.6 Å². The summed E-state index contributed by atoms with van der Waals surface area (Å²) in [6.45, 7) is 3.98. The summed E-state index contributed by atoms with van der Waals surface area (Å²) in [6, 6.07) is 14.8. The predicted octanol–water partition coefficient (Wildman–Crippen LogP) is 5.12. The van der Waals surface area contributed by atoms with Crippen LogP contribution in [0.2, 0.25) is 5.02 Å². The van der Waals surface area contributed by atoms with E-state index in [0.717, 1.165) is 28.5 Å². The topological polar surface area (TPSA) is 59.3 Å². The fraction of sp³-hybridized carbons (Fsp3) is 0.273. The molecular weight excluding hydrogens is 394 g/mol. The summed E-state index contributed by atoms with van der Waals surface area (Å²) in [5.74, 6) is 0.810. The Balaban J connectivity index is 1.61. The third-order valence-corrected chi connectivity index (χ3v) is 5.74. The van der Waals surface area contributed by atoms with Crippen molar-refractivity contribution in [1.29, 1.82) is 0 Å². The van der Waals surface area contributed by atoms with Crippen LogP contribution in [-0.2, 0) is 17.0 Å². The lowest BCUT2D eigenvalue weighted by Crippen LogP contribution is -2.28. The van der Waals surface area contributed by atoms with E-state index in [1.807, 2.05) is 43.3 Å². The van der Waals surface area contributed by atoms with Gasteiger partial charge in [-0.1, -0.05) is 42.8 Å². The number of amides is 1. The van der Waals surface area contributed by atoms with Gasteiger partial charge in [0.25, 0.3) is 0 Å². The third-order valence-electron chi connectivity index (χ3n) is 4.52. The fourth-order valence-corrected chi connectivity index (χ4v) is 4.04. The molecule has 1 amide bonds. The number of carbonyl (C=O) groups is 1. The number of nitrogens with one attached hydrogen (secondary N) is 1. The number of benzene rings is 2. The van der Waals surface area contributed by atoms with Crippen molar-refractivity contribution < 1.29 is 9.21 Å². The first-order valence-corrected chi connectivity index (χ1v) is 10.7. The van der Waals surface area contributed by atoms with Gasteiger partial charge in [0, 0.05) is 22.2 Å². The number of rotatable bonds is 7. The second kappa shape index (κ2) is 9.30. The van der Waals surface area contributed by atoms with Gasteiger partial charge in [-0.2, -0.15) is 0 Å². The van der Waals surface area contributed by atoms with Crippen LogP contribution in [0.5, 0.6) is 0 Å². The number of thioether (sulfide) groups is 1. The fourth-order valence-electron chi connectivity index (χ4n) is 3.01. The van der Waals surface area contributed by atoms with Crippen LogP contribution in [0.3, 0.4) is 0 Å². The monoisotopic (exact) mass is 415 g/mol. The lowest BCUT2D eigenvalue weighted by molar-refractivity contribution is -0.119. The first kappa shape index (κ1) is 20.5. The van der Waals surface area contributed by atoms with Gasteiger partial charge < -0.3 is 9.73 Å². The summed E-state index contributed by atoms with van der Waals surface area (Å²) in [5, 5.41) is 4.54. The smallest absolute Gasteiger partial charge is 0.336 e. The van der Waals surface area contributed by atoms with Crippen molar-refractivity contribution in [1.82, 2.24) is 5.32 Å². The molecule has 0 radical (unpaired) electrons. The summed E-state index contributed by atoms with van der Waals surface area (Å²) in [5.41, 5.74) is 3.20. The number of hydrogen-bond acceptors (Lipinski definition) is 4. The average Bonchev–Trinajstić information content (AvgIpc) is 2.67. The Labute approximate surface area is 173 Å². The Hall–Kier alpha value is -2.24. The van der Waals surface area contributed by atoms with Crippen molar-refractivity contribution in [3.05, 3.63) is 80.7 Å². The minimum atomic E-state index is -0.365. The van der Waals surface area contributed by atoms with Gasteiger partial charge in [0.1, 0.15) is 5.58 Å². The first-order chi connectivity index (χ1) is 13.5. The average molecular weight is 416 g/mol. The van der Waals surface area contributed by atoms with Crippen molar-refractivity contribution in [2.75, 3.05) is 5.75 Å². The van der Waals surface area contributed by atoms with Crippen molar-refractivity contribution in [3.63, 3.8) is 0 Å². The largest absolute Gasteiger partial charge is 0.423 e. The van der Waals surface area contributed by atoms with Gasteiger partial charge in [0.05, 0.1) is 11.8 Å². The van der Waals surface area contributed by atoms with Crippen LogP contribution < -0.4 is 10.9 Å². The second-order valence-electron chi connectivity index (χ2n) is 6.61. The zero-order chi connectivity index (χ0) is 20.1. The molecule has 146 valence electrons. The van der Waals surface area contributed by atoms with Crippen molar-refractivity contribution in [3.8, 4) is 0 Å². The maximum Gasteiger partial charge on any atom is 0.336 e. The standard InChI is InChI=1S/C22H22ClNO3S/c1-3-15-7-8-19-17(11-22(26)27-20(19)9-15)12-28-13-21(25)24-14(2)16-5-4-6-18(23)10-16/h4-11,14H,3,12-13H2,1-2H3,(H,24,25)/t14-/m0/s1. The van der Waals surface area contributed by atoms with E-state index >= 15 is 0 Å². The Kier molecular flexibility index (Phi) is 6.81. The molecule has 0 spiro atoms.